The van der Waals surface area contributed by atoms with E-state index in [1.165, 1.54) is 15.9 Å². The Balaban J connectivity index is 1.81. The number of halogens is 1. The van der Waals surface area contributed by atoms with E-state index in [1.54, 1.807) is 6.92 Å². The van der Waals surface area contributed by atoms with Gasteiger partial charge in [0.1, 0.15) is 5.82 Å². The van der Waals surface area contributed by atoms with Crippen LogP contribution >= 0.6 is 22.9 Å². The fraction of sp³-hybridized carbons (Fsp3) is 0.412. The topological polar surface area (TPSA) is 73.9 Å². The number of hydrogen-bond donors (Lipinski definition) is 2. The Kier molecular flexibility index (Phi) is 4.41. The zero-order valence-corrected chi connectivity index (χ0v) is 15.3. The minimum Gasteiger partial charge on any atom is -0.492 e. The van der Waals surface area contributed by atoms with Crippen molar-refractivity contribution in [2.75, 3.05) is 13.1 Å². The van der Waals surface area contributed by atoms with Crippen molar-refractivity contribution in [2.45, 2.75) is 31.9 Å². The molecule has 0 bridgehead atoms. The molecule has 1 aliphatic heterocycles. The number of aryl methyl sites for hydroxylation is 1. The van der Waals surface area contributed by atoms with Crippen molar-refractivity contribution < 1.29 is 10.2 Å². The molecule has 0 saturated carbocycles. The van der Waals surface area contributed by atoms with Crippen LogP contribution in [0.1, 0.15) is 35.1 Å². The number of aromatic hydroxyl groups is 1. The van der Waals surface area contributed by atoms with E-state index in [0.29, 0.717) is 15.8 Å². The molecule has 1 unspecified atom stereocenters. The smallest absolute Gasteiger partial charge is 0.230 e. The largest absolute Gasteiger partial charge is 0.492 e. The Bertz CT molecular complexity index is 901. The molecule has 3 aromatic rings. The van der Waals surface area contributed by atoms with Crippen LogP contribution in [0.3, 0.4) is 0 Å². The molecule has 1 aliphatic rings. The highest BCUT2D eigenvalue weighted by Gasteiger charge is 2.31. The second kappa shape index (κ2) is 6.57. The third-order valence-electron chi connectivity index (χ3n) is 4.58. The molecule has 132 valence electrons. The van der Waals surface area contributed by atoms with Gasteiger partial charge in [0.15, 0.2) is 0 Å². The van der Waals surface area contributed by atoms with Gasteiger partial charge in [-0.3, -0.25) is 4.90 Å². The fourth-order valence-corrected chi connectivity index (χ4v) is 4.74. The van der Waals surface area contributed by atoms with Gasteiger partial charge in [-0.05, 0) is 37.5 Å². The maximum atomic E-state index is 10.7. The Morgan fingerprint density at radius 3 is 2.76 bits per heavy atom. The number of fused-ring (bicyclic) bond motifs is 1. The van der Waals surface area contributed by atoms with Gasteiger partial charge in [0.2, 0.25) is 10.8 Å². The van der Waals surface area contributed by atoms with Gasteiger partial charge in [0, 0.05) is 18.1 Å². The normalized spacial score (nSPS) is 18.0. The summed E-state index contributed by atoms with van der Waals surface area (Å²) in [4.78, 5) is 8.12. The van der Waals surface area contributed by atoms with Gasteiger partial charge in [-0.1, -0.05) is 35.1 Å². The number of aromatic nitrogens is 3. The van der Waals surface area contributed by atoms with Crippen molar-refractivity contribution >= 4 is 27.9 Å². The number of rotatable bonds is 3. The number of aliphatic hydroxyl groups is 1. The number of benzene rings is 1. The van der Waals surface area contributed by atoms with Crippen LogP contribution in [-0.4, -0.2) is 48.9 Å². The Morgan fingerprint density at radius 2 is 2.08 bits per heavy atom. The maximum Gasteiger partial charge on any atom is 0.230 e. The van der Waals surface area contributed by atoms with E-state index in [9.17, 15) is 10.2 Å². The molecule has 0 spiro atoms. The van der Waals surface area contributed by atoms with E-state index in [2.05, 4.69) is 15.0 Å². The van der Waals surface area contributed by atoms with Crippen LogP contribution in [0, 0.1) is 6.92 Å². The summed E-state index contributed by atoms with van der Waals surface area (Å²) < 4.78 is 1.49. The van der Waals surface area contributed by atoms with Crippen molar-refractivity contribution in [2.24, 2.45) is 0 Å². The molecule has 0 aliphatic carbocycles. The molecule has 25 heavy (non-hydrogen) atoms. The first kappa shape index (κ1) is 16.8. The third kappa shape index (κ3) is 3.13. The number of likely N-dealkylation sites (tertiary alicyclic amines) is 1. The molecule has 2 N–H and O–H groups in total. The Morgan fingerprint density at radius 1 is 1.32 bits per heavy atom. The van der Waals surface area contributed by atoms with E-state index in [-0.39, 0.29) is 18.0 Å². The van der Waals surface area contributed by atoms with Crippen LogP contribution in [0.5, 0.6) is 5.88 Å². The number of hydrogen-bond acceptors (Lipinski definition) is 6. The highest BCUT2D eigenvalue weighted by molar-refractivity contribution is 7.17. The zero-order chi connectivity index (χ0) is 17.6. The molecular weight excluding hydrogens is 360 g/mol. The summed E-state index contributed by atoms with van der Waals surface area (Å²) in [5.41, 5.74) is 1.01. The monoisotopic (exact) mass is 378 g/mol. The maximum absolute atomic E-state index is 10.7. The Labute approximate surface area is 154 Å². The molecule has 2 aromatic heterocycles. The average molecular weight is 379 g/mol. The lowest BCUT2D eigenvalue weighted by atomic mass is 9.99. The van der Waals surface area contributed by atoms with Gasteiger partial charge in [0.25, 0.3) is 0 Å². The third-order valence-corrected chi connectivity index (χ3v) is 5.89. The first-order chi connectivity index (χ1) is 12.0. The van der Waals surface area contributed by atoms with Gasteiger partial charge in [-0.15, -0.1) is 5.10 Å². The van der Waals surface area contributed by atoms with Crippen LogP contribution in [0.25, 0.3) is 4.96 Å². The summed E-state index contributed by atoms with van der Waals surface area (Å²) in [7, 11) is 0. The minimum atomic E-state index is -0.255. The Hall–Kier alpha value is -1.67. The van der Waals surface area contributed by atoms with Gasteiger partial charge in [-0.2, -0.15) is 4.52 Å². The molecule has 0 amide bonds. The van der Waals surface area contributed by atoms with Crippen molar-refractivity contribution in [1.29, 1.82) is 0 Å². The van der Waals surface area contributed by atoms with Crippen molar-refractivity contribution in [3.05, 3.63) is 45.6 Å². The average Bonchev–Trinajstić information content (AvgIpc) is 3.08. The van der Waals surface area contributed by atoms with Crippen molar-refractivity contribution in [3.8, 4) is 5.88 Å². The van der Waals surface area contributed by atoms with Crippen molar-refractivity contribution in [1.82, 2.24) is 19.5 Å². The summed E-state index contributed by atoms with van der Waals surface area (Å²) >= 11 is 7.65. The summed E-state index contributed by atoms with van der Waals surface area (Å²) in [6, 6.07) is 7.57. The molecule has 1 atom stereocenters. The molecule has 8 heteroatoms. The number of aliphatic hydroxyl groups excluding tert-OH is 1. The predicted octanol–water partition coefficient (Wildman–Crippen LogP) is 3.00. The highest BCUT2D eigenvalue weighted by Crippen LogP contribution is 2.41. The van der Waals surface area contributed by atoms with Crippen LogP contribution in [-0.2, 0) is 0 Å². The van der Waals surface area contributed by atoms with Gasteiger partial charge >= 0.3 is 0 Å². The van der Waals surface area contributed by atoms with Crippen LogP contribution in [0.15, 0.2) is 24.3 Å². The number of nitrogens with zero attached hydrogens (tertiary/aromatic N) is 4. The van der Waals surface area contributed by atoms with E-state index in [1.807, 2.05) is 24.3 Å². The summed E-state index contributed by atoms with van der Waals surface area (Å²) in [5, 5.41) is 25.5. The molecule has 6 nitrogen and oxygen atoms in total. The van der Waals surface area contributed by atoms with Crippen LogP contribution < -0.4 is 0 Å². The van der Waals surface area contributed by atoms with Gasteiger partial charge in [-0.25, -0.2) is 4.98 Å². The number of thiazole rings is 1. The van der Waals surface area contributed by atoms with E-state index in [4.69, 9.17) is 11.6 Å². The molecule has 4 rings (SSSR count). The fourth-order valence-electron chi connectivity index (χ4n) is 3.37. The molecular formula is C17H19ClN4O2S. The lowest BCUT2D eigenvalue weighted by Crippen LogP contribution is -2.38. The second-order valence-electron chi connectivity index (χ2n) is 6.37. The van der Waals surface area contributed by atoms with E-state index >= 15 is 0 Å². The summed E-state index contributed by atoms with van der Waals surface area (Å²) in [6.45, 7) is 3.31. The standard InChI is InChI=1S/C17H19ClN4O2S/c1-10-19-17-22(20-10)16(24)15(25-17)14(11-3-2-4-12(18)9-11)21-7-5-13(23)6-8-21/h2-4,9,13-14,23-24H,5-8H2,1H3. The van der Waals surface area contributed by atoms with E-state index < -0.39 is 0 Å². The summed E-state index contributed by atoms with van der Waals surface area (Å²) in [5.74, 6) is 0.755. The lowest BCUT2D eigenvalue weighted by molar-refractivity contribution is 0.0689. The minimum absolute atomic E-state index is 0.122. The SMILES string of the molecule is Cc1nc2sc(C(c3cccc(Cl)c3)N3CCC(O)CC3)c(O)n2n1. The van der Waals surface area contributed by atoms with E-state index in [0.717, 1.165) is 36.4 Å². The predicted molar refractivity (Wildman–Crippen MR) is 97.4 cm³/mol. The highest BCUT2D eigenvalue weighted by atomic mass is 35.5. The first-order valence-corrected chi connectivity index (χ1v) is 9.45. The lowest BCUT2D eigenvalue weighted by Gasteiger charge is -2.36. The van der Waals surface area contributed by atoms with Crippen LogP contribution in [0.4, 0.5) is 0 Å². The van der Waals surface area contributed by atoms with Crippen LogP contribution in [0.2, 0.25) is 5.02 Å². The van der Waals surface area contributed by atoms with Gasteiger partial charge < -0.3 is 10.2 Å². The molecule has 3 heterocycles. The molecule has 1 aromatic carbocycles. The molecule has 1 fully saturated rings. The zero-order valence-electron chi connectivity index (χ0n) is 13.8. The quantitative estimate of drug-likeness (QED) is 0.732. The van der Waals surface area contributed by atoms with Crippen molar-refractivity contribution in [3.63, 3.8) is 0 Å². The molecule has 0 radical (unpaired) electrons. The van der Waals surface area contributed by atoms with Gasteiger partial charge in [0.05, 0.1) is 17.0 Å². The second-order valence-corrected chi connectivity index (χ2v) is 7.81. The first-order valence-electron chi connectivity index (χ1n) is 8.25. The number of piperidine rings is 1. The summed E-state index contributed by atoms with van der Waals surface area (Å²) in [6.07, 6.45) is 1.19. The molecule has 1 saturated heterocycles.